The quantitative estimate of drug-likeness (QED) is 0.321. The van der Waals surface area contributed by atoms with Crippen molar-refractivity contribution >= 4 is 50.6 Å². The smallest absolute Gasteiger partial charge is 0.339 e. The van der Waals surface area contributed by atoms with E-state index in [0.717, 1.165) is 31.6 Å². The van der Waals surface area contributed by atoms with Gasteiger partial charge in [0.25, 0.3) is 0 Å². The molecule has 130 valence electrons. The molecule has 0 N–H and O–H groups in total. The van der Waals surface area contributed by atoms with Crippen LogP contribution in [-0.2, 0) is 17.1 Å². The van der Waals surface area contributed by atoms with Crippen molar-refractivity contribution in [2.45, 2.75) is 17.3 Å². The highest BCUT2D eigenvalue weighted by Gasteiger charge is 2.14. The Bertz CT molecular complexity index is 995. The topological polar surface area (TPSA) is 52.1 Å². The molecule has 7 heteroatoms. The van der Waals surface area contributed by atoms with Gasteiger partial charge in [0, 0.05) is 16.0 Å². The van der Waals surface area contributed by atoms with E-state index >= 15 is 0 Å². The van der Waals surface area contributed by atoms with Crippen LogP contribution < -0.4 is 0 Å². The predicted molar refractivity (Wildman–Crippen MR) is 107 cm³/mol. The maximum atomic E-state index is 12.5. The molecule has 4 aromatic rings. The number of rotatable bonds is 6. The van der Waals surface area contributed by atoms with Crippen LogP contribution in [-0.4, -0.2) is 15.9 Å². The molecule has 0 aliphatic heterocycles. The average molecular weight is 399 g/mol. The summed E-state index contributed by atoms with van der Waals surface area (Å²) in [5.74, 6) is 0.400. The van der Waals surface area contributed by atoms with Gasteiger partial charge in [-0.3, -0.25) is 0 Å². The van der Waals surface area contributed by atoms with E-state index in [1.807, 2.05) is 53.4 Å². The number of benzene rings is 2. The molecule has 26 heavy (non-hydrogen) atoms. The fraction of sp³-hybridized carbons (Fsp3) is 0.105. The first-order chi connectivity index (χ1) is 12.8. The van der Waals surface area contributed by atoms with Crippen LogP contribution in [0.25, 0.3) is 10.2 Å². The van der Waals surface area contributed by atoms with E-state index < -0.39 is 0 Å². The van der Waals surface area contributed by atoms with Crippen LogP contribution in [0.15, 0.2) is 64.3 Å². The second-order valence-corrected chi connectivity index (χ2v) is 8.27. The van der Waals surface area contributed by atoms with E-state index in [2.05, 4.69) is 9.97 Å². The van der Waals surface area contributed by atoms with Crippen molar-refractivity contribution in [2.24, 2.45) is 0 Å². The summed E-state index contributed by atoms with van der Waals surface area (Å²) in [4.78, 5) is 22.2. The number of para-hydroxylation sites is 1. The summed E-state index contributed by atoms with van der Waals surface area (Å²) >= 11 is 4.71. The molecule has 4 rings (SSSR count). The Morgan fingerprint density at radius 2 is 1.96 bits per heavy atom. The Labute approximate surface area is 162 Å². The first-order valence-corrected chi connectivity index (χ1v) is 10.6. The molecule has 0 saturated carbocycles. The minimum Gasteiger partial charge on any atom is -0.455 e. The van der Waals surface area contributed by atoms with Gasteiger partial charge in [0.1, 0.15) is 11.6 Å². The van der Waals surface area contributed by atoms with E-state index in [9.17, 15) is 4.79 Å². The predicted octanol–water partition coefficient (Wildman–Crippen LogP) is 5.40. The average Bonchev–Trinajstić information content (AvgIpc) is 3.33. The van der Waals surface area contributed by atoms with Crippen molar-refractivity contribution in [3.05, 3.63) is 75.7 Å². The SMILES string of the molecule is O=C(OCc1nc2ccccc2s1)c1ccccc1SCc1cscn1. The lowest BCUT2D eigenvalue weighted by molar-refractivity contribution is 0.0468. The highest BCUT2D eigenvalue weighted by Crippen LogP contribution is 2.27. The van der Waals surface area contributed by atoms with Crippen LogP contribution in [0, 0.1) is 0 Å². The molecule has 0 aliphatic rings. The van der Waals surface area contributed by atoms with Crippen LogP contribution >= 0.6 is 34.4 Å². The van der Waals surface area contributed by atoms with Gasteiger partial charge >= 0.3 is 5.97 Å². The number of aromatic nitrogens is 2. The number of carbonyl (C=O) groups is 1. The Morgan fingerprint density at radius 3 is 2.81 bits per heavy atom. The van der Waals surface area contributed by atoms with E-state index in [1.165, 1.54) is 0 Å². The number of hydrogen-bond acceptors (Lipinski definition) is 7. The van der Waals surface area contributed by atoms with E-state index in [4.69, 9.17) is 4.74 Å². The van der Waals surface area contributed by atoms with Gasteiger partial charge in [0.05, 0.1) is 27.0 Å². The Hall–Kier alpha value is -2.22. The number of thiazole rings is 2. The standard InChI is InChI=1S/C19H14N2O2S3/c22-19(23-9-18-21-15-6-2-4-8-17(15)26-18)14-5-1-3-7-16(14)25-11-13-10-24-12-20-13/h1-8,10,12H,9,11H2. The fourth-order valence-electron chi connectivity index (χ4n) is 2.41. The third-order valence-electron chi connectivity index (χ3n) is 3.63. The molecule has 0 saturated heterocycles. The van der Waals surface area contributed by atoms with Crippen LogP contribution in [0.2, 0.25) is 0 Å². The minimum absolute atomic E-state index is 0.184. The normalized spacial score (nSPS) is 10.9. The minimum atomic E-state index is -0.328. The van der Waals surface area contributed by atoms with Gasteiger partial charge in [0.15, 0.2) is 0 Å². The Kier molecular flexibility index (Phi) is 5.29. The molecule has 0 atom stereocenters. The maximum absolute atomic E-state index is 12.5. The van der Waals surface area contributed by atoms with Crippen molar-refractivity contribution in [1.82, 2.24) is 9.97 Å². The highest BCUT2D eigenvalue weighted by molar-refractivity contribution is 7.98. The lowest BCUT2D eigenvalue weighted by atomic mass is 10.2. The Balaban J connectivity index is 1.44. The summed E-state index contributed by atoms with van der Waals surface area (Å²) in [5.41, 5.74) is 4.34. The summed E-state index contributed by atoms with van der Waals surface area (Å²) in [7, 11) is 0. The van der Waals surface area contributed by atoms with Crippen LogP contribution in [0.5, 0.6) is 0 Å². The molecule has 0 amide bonds. The van der Waals surface area contributed by atoms with Crippen LogP contribution in [0.1, 0.15) is 21.1 Å². The molecule has 4 nitrogen and oxygen atoms in total. The zero-order valence-corrected chi connectivity index (χ0v) is 16.1. The van der Waals surface area contributed by atoms with Gasteiger partial charge in [0.2, 0.25) is 0 Å². The molecule has 0 unspecified atom stereocenters. The van der Waals surface area contributed by atoms with Crippen molar-refractivity contribution in [3.8, 4) is 0 Å². The second-order valence-electron chi connectivity index (χ2n) is 5.42. The first-order valence-electron chi connectivity index (χ1n) is 7.90. The van der Waals surface area contributed by atoms with Crippen molar-refractivity contribution in [2.75, 3.05) is 0 Å². The lowest BCUT2D eigenvalue weighted by Gasteiger charge is -2.08. The van der Waals surface area contributed by atoms with Crippen molar-refractivity contribution in [3.63, 3.8) is 0 Å². The zero-order valence-electron chi connectivity index (χ0n) is 13.6. The van der Waals surface area contributed by atoms with E-state index in [0.29, 0.717) is 5.56 Å². The molecule has 0 spiro atoms. The molecule has 2 heterocycles. The zero-order chi connectivity index (χ0) is 17.8. The number of esters is 1. The molecular weight excluding hydrogens is 384 g/mol. The largest absolute Gasteiger partial charge is 0.455 e. The first kappa shape index (κ1) is 17.2. The summed E-state index contributed by atoms with van der Waals surface area (Å²) in [5, 5.41) is 2.81. The van der Waals surface area contributed by atoms with Gasteiger partial charge in [-0.15, -0.1) is 34.4 Å². The van der Waals surface area contributed by atoms with Crippen LogP contribution in [0.3, 0.4) is 0 Å². The molecule has 2 aromatic carbocycles. The monoisotopic (exact) mass is 398 g/mol. The number of nitrogens with zero attached hydrogens (tertiary/aromatic N) is 2. The number of ether oxygens (including phenoxy) is 1. The van der Waals surface area contributed by atoms with E-state index in [-0.39, 0.29) is 12.6 Å². The van der Waals surface area contributed by atoms with Gasteiger partial charge in [-0.25, -0.2) is 14.8 Å². The Morgan fingerprint density at radius 1 is 1.12 bits per heavy atom. The second kappa shape index (κ2) is 7.99. The summed E-state index contributed by atoms with van der Waals surface area (Å²) in [6.45, 7) is 0.184. The molecule has 0 bridgehead atoms. The molecule has 0 radical (unpaired) electrons. The highest BCUT2D eigenvalue weighted by atomic mass is 32.2. The summed E-state index contributed by atoms with van der Waals surface area (Å²) < 4.78 is 6.60. The summed E-state index contributed by atoms with van der Waals surface area (Å²) in [6.07, 6.45) is 0. The van der Waals surface area contributed by atoms with Crippen molar-refractivity contribution < 1.29 is 9.53 Å². The number of fused-ring (bicyclic) bond motifs is 1. The number of thioether (sulfide) groups is 1. The van der Waals surface area contributed by atoms with E-state index in [1.54, 1.807) is 40.5 Å². The fourth-order valence-corrected chi connectivity index (χ4v) is 4.90. The van der Waals surface area contributed by atoms with Gasteiger partial charge in [-0.05, 0) is 24.3 Å². The van der Waals surface area contributed by atoms with Gasteiger partial charge in [-0.1, -0.05) is 24.3 Å². The maximum Gasteiger partial charge on any atom is 0.339 e. The van der Waals surface area contributed by atoms with Gasteiger partial charge in [-0.2, -0.15) is 0 Å². The molecule has 0 fully saturated rings. The lowest BCUT2D eigenvalue weighted by Crippen LogP contribution is -2.06. The third-order valence-corrected chi connectivity index (χ3v) is 6.38. The van der Waals surface area contributed by atoms with Crippen molar-refractivity contribution in [1.29, 1.82) is 0 Å². The summed E-state index contributed by atoms with van der Waals surface area (Å²) in [6, 6.07) is 15.4. The molecule has 0 aliphatic carbocycles. The molecule has 2 aromatic heterocycles. The number of hydrogen-bond donors (Lipinski definition) is 0. The number of carbonyl (C=O) groups excluding carboxylic acids is 1. The molecular formula is C19H14N2O2S3. The van der Waals surface area contributed by atoms with Gasteiger partial charge < -0.3 is 4.74 Å². The third kappa shape index (κ3) is 3.95. The van der Waals surface area contributed by atoms with Crippen LogP contribution in [0.4, 0.5) is 0 Å².